The molecular weight excluding hydrogens is 256 g/mol. The zero-order valence-corrected chi connectivity index (χ0v) is 10.2. The summed E-state index contributed by atoms with van der Waals surface area (Å²) < 4.78 is 0. The van der Waals surface area contributed by atoms with Gasteiger partial charge in [-0.15, -0.1) is 0 Å². The van der Waals surface area contributed by atoms with Gasteiger partial charge in [-0.1, -0.05) is 6.07 Å². The third-order valence-corrected chi connectivity index (χ3v) is 2.97. The first kappa shape index (κ1) is 11.9. The fraction of sp³-hybridized carbons (Fsp3) is 0. The molecule has 6 heteroatoms. The first-order valence-electron chi connectivity index (χ1n) is 5.76. The Hall–Kier alpha value is -3.20. The molecule has 1 aromatic carbocycles. The third kappa shape index (κ3) is 1.87. The van der Waals surface area contributed by atoms with E-state index in [1.165, 1.54) is 6.20 Å². The van der Waals surface area contributed by atoms with Crippen LogP contribution in [0, 0.1) is 11.3 Å². The lowest BCUT2D eigenvalue weighted by Gasteiger charge is -2.01. The lowest BCUT2D eigenvalue weighted by atomic mass is 10.0. The van der Waals surface area contributed by atoms with Crippen LogP contribution >= 0.6 is 0 Å². The lowest BCUT2D eigenvalue weighted by Crippen LogP contribution is -1.96. The molecule has 0 fully saturated rings. The van der Waals surface area contributed by atoms with Gasteiger partial charge in [-0.2, -0.15) is 10.4 Å². The summed E-state index contributed by atoms with van der Waals surface area (Å²) in [5.41, 5.74) is 2.72. The first-order valence-corrected chi connectivity index (χ1v) is 5.76. The van der Waals surface area contributed by atoms with E-state index in [1.54, 1.807) is 30.5 Å². The summed E-state index contributed by atoms with van der Waals surface area (Å²) in [6.07, 6.45) is 3.14. The first-order chi connectivity index (χ1) is 9.69. The number of benzene rings is 1. The van der Waals surface area contributed by atoms with Crippen molar-refractivity contribution in [1.82, 2.24) is 15.2 Å². The zero-order chi connectivity index (χ0) is 14.1. The Morgan fingerprint density at radius 3 is 2.85 bits per heavy atom. The number of nitrogens with one attached hydrogen (secondary N) is 1. The molecule has 0 saturated heterocycles. The van der Waals surface area contributed by atoms with Crippen molar-refractivity contribution < 1.29 is 9.90 Å². The van der Waals surface area contributed by atoms with Gasteiger partial charge in [-0.25, -0.2) is 4.79 Å². The van der Waals surface area contributed by atoms with E-state index in [1.807, 2.05) is 6.07 Å². The van der Waals surface area contributed by atoms with Crippen molar-refractivity contribution in [1.29, 1.82) is 5.26 Å². The van der Waals surface area contributed by atoms with Gasteiger partial charge in [-0.05, 0) is 23.8 Å². The van der Waals surface area contributed by atoms with Crippen molar-refractivity contribution in [2.75, 3.05) is 0 Å². The zero-order valence-electron chi connectivity index (χ0n) is 10.2. The van der Waals surface area contributed by atoms with Gasteiger partial charge in [0.2, 0.25) is 0 Å². The van der Waals surface area contributed by atoms with Crippen LogP contribution in [0.25, 0.3) is 22.0 Å². The summed E-state index contributed by atoms with van der Waals surface area (Å²) in [5.74, 6) is -1.07. The Balaban J connectivity index is 2.14. The van der Waals surface area contributed by atoms with E-state index < -0.39 is 5.97 Å². The maximum Gasteiger partial charge on any atom is 0.357 e. The summed E-state index contributed by atoms with van der Waals surface area (Å²) >= 11 is 0. The number of nitriles is 1. The van der Waals surface area contributed by atoms with Crippen molar-refractivity contribution in [2.45, 2.75) is 0 Å². The van der Waals surface area contributed by atoms with E-state index in [4.69, 9.17) is 10.4 Å². The summed E-state index contributed by atoms with van der Waals surface area (Å²) in [6.45, 7) is 0. The molecule has 0 amide bonds. The minimum atomic E-state index is -1.07. The molecule has 0 aliphatic rings. The monoisotopic (exact) mass is 264 g/mol. The number of nitrogens with zero attached hydrogens (tertiary/aromatic N) is 3. The molecule has 0 bridgehead atoms. The van der Waals surface area contributed by atoms with Gasteiger partial charge in [0, 0.05) is 23.3 Å². The van der Waals surface area contributed by atoms with Crippen LogP contribution in [0.2, 0.25) is 0 Å². The number of aromatic carboxylic acids is 1. The fourth-order valence-electron chi connectivity index (χ4n) is 2.02. The molecule has 2 aromatic heterocycles. The number of hydrogen-bond acceptors (Lipinski definition) is 4. The van der Waals surface area contributed by atoms with Gasteiger partial charge in [-0.3, -0.25) is 10.1 Å². The number of aromatic nitrogens is 3. The van der Waals surface area contributed by atoms with E-state index in [-0.39, 0.29) is 5.69 Å². The van der Waals surface area contributed by atoms with Crippen LogP contribution in [-0.4, -0.2) is 26.3 Å². The Bertz CT molecular complexity index is 861. The maximum absolute atomic E-state index is 11.0. The number of carboxylic acids is 1. The minimum Gasteiger partial charge on any atom is -0.476 e. The van der Waals surface area contributed by atoms with Crippen molar-refractivity contribution in [3.63, 3.8) is 0 Å². The molecule has 6 nitrogen and oxygen atoms in total. The SMILES string of the molecule is N#Cc1cncc(-c2ccc3c(C(=O)O)n[nH]c3c2)c1. The van der Waals surface area contributed by atoms with Crippen molar-refractivity contribution >= 4 is 16.9 Å². The average Bonchev–Trinajstić information content (AvgIpc) is 2.90. The molecule has 2 heterocycles. The molecule has 0 aliphatic heterocycles. The Kier molecular flexibility index (Phi) is 2.66. The quantitative estimate of drug-likeness (QED) is 0.738. The Morgan fingerprint density at radius 1 is 1.25 bits per heavy atom. The number of H-pyrrole nitrogens is 1. The highest BCUT2D eigenvalue weighted by Crippen LogP contribution is 2.25. The van der Waals surface area contributed by atoms with Crippen LogP contribution in [-0.2, 0) is 0 Å². The second kappa shape index (κ2) is 4.48. The van der Waals surface area contributed by atoms with Crippen LogP contribution < -0.4 is 0 Å². The van der Waals surface area contributed by atoms with Crippen LogP contribution in [0.4, 0.5) is 0 Å². The van der Waals surface area contributed by atoms with Gasteiger partial charge in [0.1, 0.15) is 6.07 Å². The number of aromatic amines is 1. The van der Waals surface area contributed by atoms with Crippen molar-refractivity contribution in [2.24, 2.45) is 0 Å². The number of carboxylic acid groups (broad SMARTS) is 1. The number of pyridine rings is 1. The summed E-state index contributed by atoms with van der Waals surface area (Å²) in [4.78, 5) is 15.0. The smallest absolute Gasteiger partial charge is 0.357 e. The van der Waals surface area contributed by atoms with Crippen LogP contribution in [0.5, 0.6) is 0 Å². The highest BCUT2D eigenvalue weighted by atomic mass is 16.4. The van der Waals surface area contributed by atoms with Gasteiger partial charge in [0.15, 0.2) is 5.69 Å². The van der Waals surface area contributed by atoms with Crippen molar-refractivity contribution in [3.8, 4) is 17.2 Å². The molecule has 3 aromatic rings. The van der Waals surface area contributed by atoms with E-state index in [2.05, 4.69) is 15.2 Å². The average molecular weight is 264 g/mol. The highest BCUT2D eigenvalue weighted by molar-refractivity contribution is 6.01. The molecule has 96 valence electrons. The van der Waals surface area contributed by atoms with Crippen LogP contribution in [0.15, 0.2) is 36.7 Å². The lowest BCUT2D eigenvalue weighted by molar-refractivity contribution is 0.0692. The largest absolute Gasteiger partial charge is 0.476 e. The number of rotatable bonds is 2. The normalized spacial score (nSPS) is 10.3. The molecule has 0 unspecified atom stereocenters. The minimum absolute atomic E-state index is 0.00421. The standard InChI is InChI=1S/C14H8N4O2/c15-5-8-3-10(7-16-6-8)9-1-2-11-12(4-9)17-18-13(11)14(19)20/h1-4,6-7H,(H,17,18)(H,19,20). The van der Waals surface area contributed by atoms with Gasteiger partial charge in [0.05, 0.1) is 11.1 Å². The molecule has 0 spiro atoms. The molecule has 0 saturated carbocycles. The van der Waals surface area contributed by atoms with Crippen LogP contribution in [0.3, 0.4) is 0 Å². The molecule has 3 rings (SSSR count). The van der Waals surface area contributed by atoms with E-state index >= 15 is 0 Å². The number of hydrogen-bond donors (Lipinski definition) is 2. The predicted molar refractivity (Wildman–Crippen MR) is 71.0 cm³/mol. The molecule has 20 heavy (non-hydrogen) atoms. The maximum atomic E-state index is 11.0. The molecule has 0 radical (unpaired) electrons. The summed E-state index contributed by atoms with van der Waals surface area (Å²) in [5, 5.41) is 24.9. The Morgan fingerprint density at radius 2 is 2.10 bits per heavy atom. The van der Waals surface area contributed by atoms with Crippen LogP contribution in [0.1, 0.15) is 16.1 Å². The Labute approximate surface area is 113 Å². The van der Waals surface area contributed by atoms with E-state index in [0.717, 1.165) is 11.1 Å². The predicted octanol–water partition coefficient (Wildman–Crippen LogP) is 2.19. The third-order valence-electron chi connectivity index (χ3n) is 2.97. The van der Waals surface area contributed by atoms with Gasteiger partial charge >= 0.3 is 5.97 Å². The van der Waals surface area contributed by atoms with Gasteiger partial charge < -0.3 is 5.11 Å². The number of carbonyl (C=O) groups is 1. The highest BCUT2D eigenvalue weighted by Gasteiger charge is 2.13. The second-order valence-corrected chi connectivity index (χ2v) is 4.21. The molecule has 2 N–H and O–H groups in total. The molecule has 0 atom stereocenters. The van der Waals surface area contributed by atoms with E-state index in [9.17, 15) is 4.79 Å². The topological polar surface area (TPSA) is 103 Å². The molecule has 0 aliphatic carbocycles. The summed E-state index contributed by atoms with van der Waals surface area (Å²) in [6, 6.07) is 9.01. The van der Waals surface area contributed by atoms with E-state index in [0.29, 0.717) is 16.5 Å². The summed E-state index contributed by atoms with van der Waals surface area (Å²) in [7, 11) is 0. The fourth-order valence-corrected chi connectivity index (χ4v) is 2.02. The number of fused-ring (bicyclic) bond motifs is 1. The van der Waals surface area contributed by atoms with Gasteiger partial charge in [0.25, 0.3) is 0 Å². The second-order valence-electron chi connectivity index (χ2n) is 4.21. The molecular formula is C14H8N4O2. The van der Waals surface area contributed by atoms with Crippen molar-refractivity contribution in [3.05, 3.63) is 47.9 Å².